The first-order chi connectivity index (χ1) is 16.0. The monoisotopic (exact) mass is 484 g/mol. The number of benzene rings is 3. The predicted octanol–water partition coefficient (Wildman–Crippen LogP) is 5.51. The SMILES string of the molecule is CCOc1cc(CC(=O)O)cc(S(=O)(=O)c2ccc(Oc3ccc(OC(C)(C)C)cc3)cc2)c1. The molecule has 1 N–H and O–H groups in total. The third kappa shape index (κ3) is 6.74. The Morgan fingerprint density at radius 3 is 1.91 bits per heavy atom. The van der Waals surface area contributed by atoms with E-state index in [0.717, 1.165) is 5.75 Å². The van der Waals surface area contributed by atoms with E-state index in [1.807, 2.05) is 20.8 Å². The molecule has 0 saturated carbocycles. The van der Waals surface area contributed by atoms with Crippen LogP contribution in [-0.2, 0) is 21.1 Å². The van der Waals surface area contributed by atoms with Crippen molar-refractivity contribution in [2.75, 3.05) is 6.61 Å². The minimum Gasteiger partial charge on any atom is -0.494 e. The summed E-state index contributed by atoms with van der Waals surface area (Å²) in [7, 11) is -3.90. The largest absolute Gasteiger partial charge is 0.494 e. The van der Waals surface area contributed by atoms with Crippen molar-refractivity contribution in [1.82, 2.24) is 0 Å². The van der Waals surface area contributed by atoms with Gasteiger partial charge in [0.1, 0.15) is 28.6 Å². The Balaban J connectivity index is 1.81. The average molecular weight is 485 g/mol. The second-order valence-corrected chi connectivity index (χ2v) is 10.5. The summed E-state index contributed by atoms with van der Waals surface area (Å²) in [5, 5.41) is 9.10. The number of sulfone groups is 1. The van der Waals surface area contributed by atoms with Gasteiger partial charge in [-0.3, -0.25) is 4.79 Å². The molecule has 0 aliphatic rings. The van der Waals surface area contributed by atoms with Crippen molar-refractivity contribution < 1.29 is 32.5 Å². The quantitative estimate of drug-likeness (QED) is 0.427. The Bertz CT molecular complexity index is 1240. The van der Waals surface area contributed by atoms with Crippen LogP contribution in [0.1, 0.15) is 33.3 Å². The summed E-state index contributed by atoms with van der Waals surface area (Å²) in [5.74, 6) is 1.02. The molecule has 0 aliphatic carbocycles. The zero-order valence-corrected chi connectivity index (χ0v) is 20.4. The average Bonchev–Trinajstić information content (AvgIpc) is 2.74. The van der Waals surface area contributed by atoms with E-state index in [1.54, 1.807) is 43.3 Å². The standard InChI is InChI=1S/C26H28O7S/c1-5-31-22-14-18(16-25(27)28)15-24(17-22)34(29,30)23-12-10-20(11-13-23)32-19-6-8-21(9-7-19)33-26(2,3)4/h6-15,17H,5,16H2,1-4H3,(H,27,28). The van der Waals surface area contributed by atoms with Gasteiger partial charge in [-0.05, 0) is 100.0 Å². The van der Waals surface area contributed by atoms with Crippen molar-refractivity contribution >= 4 is 15.8 Å². The highest BCUT2D eigenvalue weighted by atomic mass is 32.2. The van der Waals surface area contributed by atoms with E-state index in [1.165, 1.54) is 30.3 Å². The molecule has 0 aliphatic heterocycles. The number of rotatable bonds is 9. The number of aliphatic carboxylic acids is 1. The Labute approximate surface area is 199 Å². The van der Waals surface area contributed by atoms with Crippen molar-refractivity contribution in [1.29, 1.82) is 0 Å². The van der Waals surface area contributed by atoms with Gasteiger partial charge < -0.3 is 19.3 Å². The van der Waals surface area contributed by atoms with Crippen LogP contribution in [-0.4, -0.2) is 31.7 Å². The number of carboxylic acids is 1. The molecule has 0 unspecified atom stereocenters. The third-order valence-corrected chi connectivity index (χ3v) is 6.28. The minimum atomic E-state index is -3.90. The summed E-state index contributed by atoms with van der Waals surface area (Å²) in [4.78, 5) is 11.2. The Hall–Kier alpha value is -3.52. The van der Waals surface area contributed by atoms with Crippen LogP contribution in [0.3, 0.4) is 0 Å². The normalized spacial score (nSPS) is 11.6. The Kier molecular flexibility index (Phi) is 7.51. The second-order valence-electron chi connectivity index (χ2n) is 8.58. The van der Waals surface area contributed by atoms with Gasteiger partial charge in [0.05, 0.1) is 22.8 Å². The van der Waals surface area contributed by atoms with Gasteiger partial charge >= 0.3 is 5.97 Å². The van der Waals surface area contributed by atoms with E-state index in [-0.39, 0.29) is 21.8 Å². The maximum absolute atomic E-state index is 13.2. The number of carboxylic acid groups (broad SMARTS) is 1. The van der Waals surface area contributed by atoms with Crippen LogP contribution < -0.4 is 14.2 Å². The first kappa shape index (κ1) is 25.1. The molecule has 0 saturated heterocycles. The fourth-order valence-corrected chi connectivity index (χ4v) is 4.55. The molecular formula is C26H28O7S. The maximum atomic E-state index is 13.2. The van der Waals surface area contributed by atoms with Crippen LogP contribution in [0, 0.1) is 0 Å². The van der Waals surface area contributed by atoms with Gasteiger partial charge in [-0.25, -0.2) is 8.42 Å². The molecule has 3 aromatic carbocycles. The molecule has 0 spiro atoms. The molecule has 0 radical (unpaired) electrons. The summed E-state index contributed by atoms with van der Waals surface area (Å²) in [6, 6.07) is 17.5. The lowest BCUT2D eigenvalue weighted by atomic mass is 10.1. The van der Waals surface area contributed by atoms with E-state index >= 15 is 0 Å². The van der Waals surface area contributed by atoms with Crippen molar-refractivity contribution in [3.63, 3.8) is 0 Å². The molecule has 0 heterocycles. The molecule has 7 nitrogen and oxygen atoms in total. The Morgan fingerprint density at radius 2 is 1.38 bits per heavy atom. The third-order valence-electron chi connectivity index (χ3n) is 4.53. The van der Waals surface area contributed by atoms with E-state index in [2.05, 4.69) is 0 Å². The topological polar surface area (TPSA) is 99.1 Å². The van der Waals surface area contributed by atoms with E-state index in [4.69, 9.17) is 19.3 Å². The van der Waals surface area contributed by atoms with Crippen LogP contribution in [0.25, 0.3) is 0 Å². The highest BCUT2D eigenvalue weighted by molar-refractivity contribution is 7.91. The van der Waals surface area contributed by atoms with Gasteiger partial charge in [-0.1, -0.05) is 0 Å². The summed E-state index contributed by atoms with van der Waals surface area (Å²) >= 11 is 0. The van der Waals surface area contributed by atoms with Crippen LogP contribution >= 0.6 is 0 Å². The highest BCUT2D eigenvalue weighted by Crippen LogP contribution is 2.30. The van der Waals surface area contributed by atoms with Gasteiger partial charge in [0.15, 0.2) is 0 Å². The van der Waals surface area contributed by atoms with Crippen LogP contribution in [0.5, 0.6) is 23.0 Å². The Morgan fingerprint density at radius 1 is 0.824 bits per heavy atom. The van der Waals surface area contributed by atoms with Gasteiger partial charge in [0.25, 0.3) is 0 Å². The lowest BCUT2D eigenvalue weighted by molar-refractivity contribution is -0.136. The smallest absolute Gasteiger partial charge is 0.307 e. The molecule has 8 heteroatoms. The second kappa shape index (κ2) is 10.2. The first-order valence-corrected chi connectivity index (χ1v) is 12.3. The van der Waals surface area contributed by atoms with Gasteiger partial charge in [0, 0.05) is 0 Å². The minimum absolute atomic E-state index is 0.0298. The van der Waals surface area contributed by atoms with Crippen LogP contribution in [0.2, 0.25) is 0 Å². The van der Waals surface area contributed by atoms with E-state index < -0.39 is 15.8 Å². The zero-order valence-electron chi connectivity index (χ0n) is 19.6. The fraction of sp³-hybridized carbons (Fsp3) is 0.269. The molecule has 0 atom stereocenters. The molecular weight excluding hydrogens is 456 g/mol. The number of ether oxygens (including phenoxy) is 3. The molecule has 3 rings (SSSR count). The molecule has 0 fully saturated rings. The predicted molar refractivity (Wildman–Crippen MR) is 128 cm³/mol. The summed E-state index contributed by atoms with van der Waals surface area (Å²) in [5.41, 5.74) is 0.0381. The summed E-state index contributed by atoms with van der Waals surface area (Å²) in [6.45, 7) is 7.99. The molecule has 0 bridgehead atoms. The van der Waals surface area contributed by atoms with Crippen LogP contribution in [0.15, 0.2) is 76.5 Å². The van der Waals surface area contributed by atoms with Crippen molar-refractivity contribution in [3.05, 3.63) is 72.3 Å². The number of carbonyl (C=O) groups is 1. The summed E-state index contributed by atoms with van der Waals surface area (Å²) < 4.78 is 43.4. The molecule has 34 heavy (non-hydrogen) atoms. The van der Waals surface area contributed by atoms with Gasteiger partial charge in [-0.15, -0.1) is 0 Å². The lowest BCUT2D eigenvalue weighted by Gasteiger charge is -2.21. The van der Waals surface area contributed by atoms with E-state index in [0.29, 0.717) is 29.4 Å². The zero-order chi connectivity index (χ0) is 24.9. The van der Waals surface area contributed by atoms with Crippen molar-refractivity contribution in [3.8, 4) is 23.0 Å². The first-order valence-electron chi connectivity index (χ1n) is 10.8. The maximum Gasteiger partial charge on any atom is 0.307 e. The van der Waals surface area contributed by atoms with Gasteiger partial charge in [0.2, 0.25) is 9.84 Å². The number of hydrogen-bond acceptors (Lipinski definition) is 6. The van der Waals surface area contributed by atoms with Crippen molar-refractivity contribution in [2.45, 2.75) is 49.5 Å². The molecule has 180 valence electrons. The lowest BCUT2D eigenvalue weighted by Crippen LogP contribution is -2.22. The number of hydrogen-bond donors (Lipinski definition) is 1. The highest BCUT2D eigenvalue weighted by Gasteiger charge is 2.20. The van der Waals surface area contributed by atoms with Crippen molar-refractivity contribution in [2.24, 2.45) is 0 Å². The molecule has 3 aromatic rings. The van der Waals surface area contributed by atoms with E-state index in [9.17, 15) is 13.2 Å². The summed E-state index contributed by atoms with van der Waals surface area (Å²) in [6.07, 6.45) is -0.310. The molecule has 0 amide bonds. The van der Waals surface area contributed by atoms with Gasteiger partial charge in [-0.2, -0.15) is 0 Å². The van der Waals surface area contributed by atoms with Crippen LogP contribution in [0.4, 0.5) is 0 Å². The fourth-order valence-electron chi connectivity index (χ4n) is 3.20. The molecule has 0 aromatic heterocycles.